The molecule has 0 aliphatic heterocycles. The predicted octanol–water partition coefficient (Wildman–Crippen LogP) is 4.06. The summed E-state index contributed by atoms with van der Waals surface area (Å²) in [6.07, 6.45) is -11.4. The van der Waals surface area contributed by atoms with Crippen LogP contribution in [0.5, 0.6) is 0 Å². The molecule has 0 aliphatic rings. The van der Waals surface area contributed by atoms with Crippen LogP contribution in [0.3, 0.4) is 0 Å². The van der Waals surface area contributed by atoms with Crippen molar-refractivity contribution in [1.29, 1.82) is 0 Å². The molecule has 0 aromatic rings. The Bertz CT molecular complexity index is 218. The number of alkyl halides is 6. The van der Waals surface area contributed by atoms with E-state index in [0.717, 1.165) is 0 Å². The van der Waals surface area contributed by atoms with Crippen LogP contribution >= 0.6 is 0 Å². The molecule has 1 unspecified atom stereocenters. The first kappa shape index (κ1) is 16.5. The number of halogens is 6. The number of hydrogen-bond acceptors (Lipinski definition) is 1. The minimum atomic E-state index is -5.71. The van der Waals surface area contributed by atoms with Gasteiger partial charge in [0.1, 0.15) is 0 Å². The molecular formula is C10H16F6O. The second-order valence-electron chi connectivity index (χ2n) is 4.01. The Kier molecular flexibility index (Phi) is 5.31. The molecule has 104 valence electrons. The first-order valence-electron chi connectivity index (χ1n) is 5.38. The van der Waals surface area contributed by atoms with Gasteiger partial charge < -0.3 is 5.11 Å². The fourth-order valence-electron chi connectivity index (χ4n) is 1.78. The fraction of sp³-hybridized carbons (Fsp3) is 1.00. The van der Waals surface area contributed by atoms with Crippen LogP contribution in [-0.4, -0.2) is 23.1 Å². The van der Waals surface area contributed by atoms with Crippen molar-refractivity contribution in [2.24, 2.45) is 5.92 Å². The quantitative estimate of drug-likeness (QED) is 0.744. The van der Waals surface area contributed by atoms with E-state index >= 15 is 0 Å². The molecule has 0 aromatic carbocycles. The largest absolute Gasteiger partial charge is 0.426 e. The average Bonchev–Trinajstić information content (AvgIpc) is 2.15. The molecule has 0 amide bonds. The molecule has 0 aliphatic carbocycles. The molecular weight excluding hydrogens is 250 g/mol. The van der Waals surface area contributed by atoms with Crippen LogP contribution in [0.15, 0.2) is 0 Å². The molecule has 0 rings (SSSR count). The fourth-order valence-corrected chi connectivity index (χ4v) is 1.78. The van der Waals surface area contributed by atoms with E-state index in [0.29, 0.717) is 6.42 Å². The molecule has 0 spiro atoms. The summed E-state index contributed by atoms with van der Waals surface area (Å²) in [4.78, 5) is 0. The Morgan fingerprint density at radius 1 is 0.941 bits per heavy atom. The molecule has 7 heteroatoms. The highest BCUT2D eigenvalue weighted by molar-refractivity contribution is 4.98. The Hall–Kier alpha value is -0.460. The number of unbranched alkanes of at least 4 members (excludes halogenated alkanes) is 1. The lowest BCUT2D eigenvalue weighted by atomic mass is 9.80. The van der Waals surface area contributed by atoms with Gasteiger partial charge in [0.15, 0.2) is 0 Å². The molecule has 0 aromatic heterocycles. The average molecular weight is 266 g/mol. The zero-order valence-corrected chi connectivity index (χ0v) is 9.62. The van der Waals surface area contributed by atoms with Crippen molar-refractivity contribution < 1.29 is 31.4 Å². The van der Waals surface area contributed by atoms with E-state index in [-0.39, 0.29) is 19.3 Å². The third-order valence-corrected chi connectivity index (χ3v) is 2.85. The van der Waals surface area contributed by atoms with Gasteiger partial charge in [-0.05, 0) is 12.8 Å². The summed E-state index contributed by atoms with van der Waals surface area (Å²) in [5.74, 6) is -1.86. The molecule has 17 heavy (non-hydrogen) atoms. The van der Waals surface area contributed by atoms with E-state index < -0.39 is 23.9 Å². The first-order chi connectivity index (χ1) is 7.52. The minimum Gasteiger partial charge on any atom is -0.373 e. The molecule has 1 nitrogen and oxygen atoms in total. The van der Waals surface area contributed by atoms with E-state index in [1.54, 1.807) is 6.92 Å². The SMILES string of the molecule is CCCCC(CC)C(O)(C(F)(F)F)C(F)(F)F. The zero-order valence-electron chi connectivity index (χ0n) is 9.62. The molecule has 0 saturated carbocycles. The van der Waals surface area contributed by atoms with Crippen LogP contribution in [-0.2, 0) is 0 Å². The van der Waals surface area contributed by atoms with Crippen LogP contribution in [0.2, 0.25) is 0 Å². The lowest BCUT2D eigenvalue weighted by Crippen LogP contribution is -2.61. The van der Waals surface area contributed by atoms with E-state index in [2.05, 4.69) is 0 Å². The van der Waals surface area contributed by atoms with Crippen molar-refractivity contribution >= 4 is 0 Å². The van der Waals surface area contributed by atoms with Crippen LogP contribution in [0, 0.1) is 5.92 Å². The van der Waals surface area contributed by atoms with Gasteiger partial charge in [0, 0.05) is 5.92 Å². The first-order valence-corrected chi connectivity index (χ1v) is 5.38. The van der Waals surface area contributed by atoms with E-state index in [9.17, 15) is 26.3 Å². The molecule has 0 saturated heterocycles. The summed E-state index contributed by atoms with van der Waals surface area (Å²) in [5.41, 5.74) is -4.61. The second-order valence-corrected chi connectivity index (χ2v) is 4.01. The Morgan fingerprint density at radius 2 is 1.35 bits per heavy atom. The van der Waals surface area contributed by atoms with Crippen LogP contribution < -0.4 is 0 Å². The maximum atomic E-state index is 12.5. The summed E-state index contributed by atoms with van der Waals surface area (Å²) in [6.45, 7) is 2.87. The van der Waals surface area contributed by atoms with Crippen molar-refractivity contribution in [2.45, 2.75) is 57.5 Å². The minimum absolute atomic E-state index is 0.215. The summed E-state index contributed by atoms with van der Waals surface area (Å²) in [5, 5.41) is 9.12. The predicted molar refractivity (Wildman–Crippen MR) is 50.4 cm³/mol. The van der Waals surface area contributed by atoms with E-state index in [1.807, 2.05) is 0 Å². The maximum absolute atomic E-state index is 12.5. The van der Waals surface area contributed by atoms with Crippen molar-refractivity contribution in [1.82, 2.24) is 0 Å². The van der Waals surface area contributed by atoms with Crippen molar-refractivity contribution in [3.05, 3.63) is 0 Å². The normalized spacial score (nSPS) is 16.1. The second kappa shape index (κ2) is 5.46. The van der Waals surface area contributed by atoms with Gasteiger partial charge in [-0.15, -0.1) is 0 Å². The van der Waals surface area contributed by atoms with Crippen molar-refractivity contribution in [2.75, 3.05) is 0 Å². The highest BCUT2D eigenvalue weighted by atomic mass is 19.4. The zero-order chi connectivity index (χ0) is 13.9. The van der Waals surface area contributed by atoms with Crippen molar-refractivity contribution in [3.63, 3.8) is 0 Å². The number of rotatable bonds is 5. The Labute approximate surface area is 95.8 Å². The highest BCUT2D eigenvalue weighted by Crippen LogP contribution is 2.49. The van der Waals surface area contributed by atoms with E-state index in [4.69, 9.17) is 5.11 Å². The Morgan fingerprint density at radius 3 is 1.59 bits per heavy atom. The Balaban J connectivity index is 5.30. The van der Waals surface area contributed by atoms with Gasteiger partial charge in [-0.1, -0.05) is 26.7 Å². The van der Waals surface area contributed by atoms with Gasteiger partial charge in [0.2, 0.25) is 0 Å². The molecule has 0 fully saturated rings. The third kappa shape index (κ3) is 3.26. The maximum Gasteiger partial charge on any atom is 0.426 e. The molecule has 0 bridgehead atoms. The molecule has 1 atom stereocenters. The van der Waals surface area contributed by atoms with Gasteiger partial charge in [-0.2, -0.15) is 26.3 Å². The van der Waals surface area contributed by atoms with Gasteiger partial charge in [0.05, 0.1) is 0 Å². The topological polar surface area (TPSA) is 20.2 Å². The smallest absolute Gasteiger partial charge is 0.373 e. The van der Waals surface area contributed by atoms with Crippen molar-refractivity contribution in [3.8, 4) is 0 Å². The van der Waals surface area contributed by atoms with Crippen LogP contribution in [0.1, 0.15) is 39.5 Å². The standard InChI is InChI=1S/C10H16F6O/c1-3-5-6-7(4-2)8(17,9(11,12)13)10(14,15)16/h7,17H,3-6H2,1-2H3. The summed E-state index contributed by atoms with van der Waals surface area (Å²) in [7, 11) is 0. The van der Waals surface area contributed by atoms with Crippen LogP contribution in [0.25, 0.3) is 0 Å². The summed E-state index contributed by atoms with van der Waals surface area (Å²) in [6, 6.07) is 0. The van der Waals surface area contributed by atoms with Gasteiger partial charge in [-0.25, -0.2) is 0 Å². The number of aliphatic hydroxyl groups is 1. The molecule has 0 radical (unpaired) electrons. The molecule has 0 heterocycles. The van der Waals surface area contributed by atoms with Crippen LogP contribution in [0.4, 0.5) is 26.3 Å². The summed E-state index contributed by atoms with van der Waals surface area (Å²) < 4.78 is 75.0. The van der Waals surface area contributed by atoms with Gasteiger partial charge in [-0.3, -0.25) is 0 Å². The highest BCUT2D eigenvalue weighted by Gasteiger charge is 2.72. The lowest BCUT2D eigenvalue weighted by molar-refractivity contribution is -0.385. The third-order valence-electron chi connectivity index (χ3n) is 2.85. The lowest BCUT2D eigenvalue weighted by Gasteiger charge is -2.38. The summed E-state index contributed by atoms with van der Waals surface area (Å²) >= 11 is 0. The van der Waals surface area contributed by atoms with Gasteiger partial charge in [0.25, 0.3) is 5.60 Å². The number of hydrogen-bond donors (Lipinski definition) is 1. The monoisotopic (exact) mass is 266 g/mol. The molecule has 1 N–H and O–H groups in total. The van der Waals surface area contributed by atoms with E-state index in [1.165, 1.54) is 6.92 Å². The van der Waals surface area contributed by atoms with Gasteiger partial charge >= 0.3 is 12.4 Å².